The number of hydrogen-bond acceptors (Lipinski definition) is 5. The molecular formula is C22H18F3N3O2. The van der Waals surface area contributed by atoms with E-state index in [4.69, 9.17) is 4.74 Å². The van der Waals surface area contributed by atoms with E-state index < -0.39 is 17.6 Å². The maximum Gasteiger partial charge on any atom is 0.228 e. The van der Waals surface area contributed by atoms with Crippen molar-refractivity contribution in [2.75, 3.05) is 18.0 Å². The Morgan fingerprint density at radius 1 is 0.967 bits per heavy atom. The van der Waals surface area contributed by atoms with E-state index in [1.165, 1.54) is 24.3 Å². The minimum atomic E-state index is -0.710. The molecular weight excluding hydrogens is 395 g/mol. The number of aromatic nitrogens is 2. The van der Waals surface area contributed by atoms with Crippen molar-refractivity contribution in [2.45, 2.75) is 12.8 Å². The maximum absolute atomic E-state index is 13.9. The van der Waals surface area contributed by atoms with Gasteiger partial charge in [0.25, 0.3) is 0 Å². The molecule has 2 aromatic carbocycles. The van der Waals surface area contributed by atoms with Crippen LogP contribution in [0.1, 0.15) is 23.2 Å². The fraction of sp³-hybridized carbons (Fsp3) is 0.227. The molecule has 2 heterocycles. The predicted octanol–water partition coefficient (Wildman–Crippen LogP) is 4.79. The van der Waals surface area contributed by atoms with Gasteiger partial charge in [0.05, 0.1) is 5.56 Å². The lowest BCUT2D eigenvalue weighted by molar-refractivity contribution is 0.0895. The van der Waals surface area contributed by atoms with Crippen LogP contribution in [-0.2, 0) is 0 Å². The molecule has 0 amide bonds. The number of Topliss-reactive ketones (excluding diaryl/α,β-unsaturated/α-hetero) is 1. The summed E-state index contributed by atoms with van der Waals surface area (Å²) in [7, 11) is 0. The van der Waals surface area contributed by atoms with E-state index in [0.717, 1.165) is 18.2 Å². The molecule has 0 bridgehead atoms. The summed E-state index contributed by atoms with van der Waals surface area (Å²) in [5.41, 5.74) is -0.209. The van der Waals surface area contributed by atoms with E-state index >= 15 is 0 Å². The molecule has 0 aliphatic carbocycles. The van der Waals surface area contributed by atoms with Gasteiger partial charge in [0, 0.05) is 31.3 Å². The molecule has 0 N–H and O–H groups in total. The number of halogens is 3. The normalized spacial score (nSPS) is 14.6. The molecule has 30 heavy (non-hydrogen) atoms. The maximum atomic E-state index is 13.9. The van der Waals surface area contributed by atoms with E-state index in [0.29, 0.717) is 43.5 Å². The molecule has 1 aliphatic rings. The minimum Gasteiger partial charge on any atom is -0.439 e. The Hall–Kier alpha value is -3.42. The SMILES string of the molecule is O=C(c1cc(F)ccc1F)C1CCN(c2nccc(Oc3ccc(F)cc3)n2)CC1. The number of benzene rings is 2. The number of piperidine rings is 1. The van der Waals surface area contributed by atoms with E-state index in [1.54, 1.807) is 12.3 Å². The zero-order chi connectivity index (χ0) is 21.1. The monoisotopic (exact) mass is 413 g/mol. The number of carbonyl (C=O) groups is 1. The molecule has 1 aliphatic heterocycles. The van der Waals surface area contributed by atoms with Gasteiger partial charge < -0.3 is 9.64 Å². The Bertz CT molecular complexity index is 1050. The topological polar surface area (TPSA) is 55.3 Å². The van der Waals surface area contributed by atoms with Crippen molar-refractivity contribution in [3.05, 3.63) is 77.7 Å². The molecule has 1 fully saturated rings. The van der Waals surface area contributed by atoms with E-state index in [-0.39, 0.29) is 17.2 Å². The first-order valence-electron chi connectivity index (χ1n) is 9.50. The molecule has 154 valence electrons. The van der Waals surface area contributed by atoms with Crippen LogP contribution < -0.4 is 9.64 Å². The summed E-state index contributed by atoms with van der Waals surface area (Å²) >= 11 is 0. The van der Waals surface area contributed by atoms with E-state index in [2.05, 4.69) is 9.97 Å². The zero-order valence-electron chi connectivity index (χ0n) is 15.9. The molecule has 5 nitrogen and oxygen atoms in total. The summed E-state index contributed by atoms with van der Waals surface area (Å²) in [6.45, 7) is 0.987. The third kappa shape index (κ3) is 4.42. The number of hydrogen-bond donors (Lipinski definition) is 0. The van der Waals surface area contributed by atoms with E-state index in [1.807, 2.05) is 4.90 Å². The average molecular weight is 413 g/mol. The number of ether oxygens (including phenoxy) is 1. The number of anilines is 1. The third-order valence-electron chi connectivity index (χ3n) is 5.00. The fourth-order valence-corrected chi connectivity index (χ4v) is 3.41. The number of rotatable bonds is 5. The first-order valence-corrected chi connectivity index (χ1v) is 9.50. The van der Waals surface area contributed by atoms with Crippen LogP contribution in [0.5, 0.6) is 11.6 Å². The largest absolute Gasteiger partial charge is 0.439 e. The fourth-order valence-electron chi connectivity index (χ4n) is 3.41. The molecule has 1 saturated heterocycles. The van der Waals surface area contributed by atoms with Crippen molar-refractivity contribution < 1.29 is 22.7 Å². The Kier molecular flexibility index (Phi) is 5.65. The van der Waals surface area contributed by atoms with Gasteiger partial charge in [-0.3, -0.25) is 4.79 Å². The van der Waals surface area contributed by atoms with Crippen molar-refractivity contribution in [3.63, 3.8) is 0 Å². The van der Waals surface area contributed by atoms with Gasteiger partial charge in [-0.15, -0.1) is 0 Å². The zero-order valence-corrected chi connectivity index (χ0v) is 15.9. The first-order chi connectivity index (χ1) is 14.5. The summed E-state index contributed by atoms with van der Waals surface area (Å²) in [4.78, 5) is 23.1. The van der Waals surface area contributed by atoms with Crippen LogP contribution in [0.4, 0.5) is 19.1 Å². The van der Waals surface area contributed by atoms with Gasteiger partial charge in [0.15, 0.2) is 5.78 Å². The van der Waals surface area contributed by atoms with Gasteiger partial charge in [-0.05, 0) is 55.3 Å². The third-order valence-corrected chi connectivity index (χ3v) is 5.00. The van der Waals surface area contributed by atoms with Crippen LogP contribution in [0.2, 0.25) is 0 Å². The van der Waals surface area contributed by atoms with Crippen molar-refractivity contribution in [1.82, 2.24) is 9.97 Å². The summed E-state index contributed by atoms with van der Waals surface area (Å²) < 4.78 is 46.0. The Morgan fingerprint density at radius 3 is 2.40 bits per heavy atom. The van der Waals surface area contributed by atoms with Crippen LogP contribution in [-0.4, -0.2) is 28.8 Å². The van der Waals surface area contributed by atoms with Crippen molar-refractivity contribution in [1.29, 1.82) is 0 Å². The lowest BCUT2D eigenvalue weighted by atomic mass is 9.88. The summed E-state index contributed by atoms with van der Waals surface area (Å²) in [6.07, 6.45) is 2.50. The molecule has 8 heteroatoms. The van der Waals surface area contributed by atoms with Crippen molar-refractivity contribution in [2.24, 2.45) is 5.92 Å². The average Bonchev–Trinajstić information content (AvgIpc) is 2.77. The Balaban J connectivity index is 1.41. The van der Waals surface area contributed by atoms with Gasteiger partial charge in [0.1, 0.15) is 23.2 Å². The van der Waals surface area contributed by atoms with Gasteiger partial charge in [-0.2, -0.15) is 4.98 Å². The Labute approximate surface area is 171 Å². The predicted molar refractivity (Wildman–Crippen MR) is 104 cm³/mol. The molecule has 4 rings (SSSR count). The second-order valence-corrected chi connectivity index (χ2v) is 7.00. The highest BCUT2D eigenvalue weighted by Gasteiger charge is 2.28. The highest BCUT2D eigenvalue weighted by atomic mass is 19.1. The summed E-state index contributed by atoms with van der Waals surface area (Å²) in [6, 6.07) is 10.1. The van der Waals surface area contributed by atoms with Crippen molar-refractivity contribution >= 4 is 11.7 Å². The highest BCUT2D eigenvalue weighted by molar-refractivity contribution is 5.98. The molecule has 0 saturated carbocycles. The number of ketones is 1. The van der Waals surface area contributed by atoms with Crippen LogP contribution in [0.25, 0.3) is 0 Å². The summed E-state index contributed by atoms with van der Waals surface area (Å²) in [5, 5.41) is 0. The molecule has 0 spiro atoms. The minimum absolute atomic E-state index is 0.209. The van der Waals surface area contributed by atoms with Crippen LogP contribution in [0.15, 0.2) is 54.7 Å². The molecule has 0 unspecified atom stereocenters. The smallest absolute Gasteiger partial charge is 0.228 e. The first kappa shape index (κ1) is 19.9. The second-order valence-electron chi connectivity index (χ2n) is 7.00. The van der Waals surface area contributed by atoms with Crippen LogP contribution >= 0.6 is 0 Å². The Morgan fingerprint density at radius 2 is 1.67 bits per heavy atom. The van der Waals surface area contributed by atoms with Crippen molar-refractivity contribution in [3.8, 4) is 11.6 Å². The highest BCUT2D eigenvalue weighted by Crippen LogP contribution is 2.27. The molecule has 0 atom stereocenters. The quantitative estimate of drug-likeness (QED) is 0.563. The second kappa shape index (κ2) is 8.52. The standard InChI is InChI=1S/C22H18F3N3O2/c23-15-1-4-17(5-2-15)30-20-7-10-26-22(27-20)28-11-8-14(9-12-28)21(29)18-13-16(24)3-6-19(18)25/h1-7,10,13-14H,8-9,11-12H2. The number of carbonyl (C=O) groups excluding carboxylic acids is 1. The summed E-state index contributed by atoms with van der Waals surface area (Å²) in [5.74, 6) is -1.29. The molecule has 1 aromatic heterocycles. The van der Waals surface area contributed by atoms with Gasteiger partial charge in [0.2, 0.25) is 11.8 Å². The van der Waals surface area contributed by atoms with Gasteiger partial charge >= 0.3 is 0 Å². The van der Waals surface area contributed by atoms with E-state index in [9.17, 15) is 18.0 Å². The number of nitrogens with zero attached hydrogens (tertiary/aromatic N) is 3. The van der Waals surface area contributed by atoms with Gasteiger partial charge in [-0.1, -0.05) is 0 Å². The van der Waals surface area contributed by atoms with Crippen LogP contribution in [0.3, 0.4) is 0 Å². The lowest BCUT2D eigenvalue weighted by Gasteiger charge is -2.31. The van der Waals surface area contributed by atoms with Gasteiger partial charge in [-0.25, -0.2) is 18.2 Å². The van der Waals surface area contributed by atoms with Crippen LogP contribution in [0, 0.1) is 23.4 Å². The lowest BCUT2D eigenvalue weighted by Crippen LogP contribution is -2.37. The molecule has 0 radical (unpaired) electrons. The molecule has 3 aromatic rings.